The molecule has 1 aliphatic heterocycles. The highest BCUT2D eigenvalue weighted by atomic mass is 16.5. The van der Waals surface area contributed by atoms with Gasteiger partial charge in [-0.05, 0) is 24.6 Å². The molecule has 1 aliphatic rings. The molecule has 1 saturated heterocycles. The van der Waals surface area contributed by atoms with E-state index in [4.69, 9.17) is 9.47 Å². The molecule has 148 valence electrons. The largest absolute Gasteiger partial charge is 0.484 e. The van der Waals surface area contributed by atoms with Gasteiger partial charge in [0.05, 0.1) is 13.2 Å². The summed E-state index contributed by atoms with van der Waals surface area (Å²) in [5.41, 5.74) is 2.12. The lowest BCUT2D eigenvalue weighted by molar-refractivity contribution is -0.140. The van der Waals surface area contributed by atoms with Crippen molar-refractivity contribution in [3.05, 3.63) is 65.7 Å². The van der Waals surface area contributed by atoms with Crippen molar-refractivity contribution in [2.24, 2.45) is 0 Å². The molecule has 2 aromatic rings. The molecule has 0 aromatic heterocycles. The highest BCUT2D eigenvalue weighted by molar-refractivity contribution is 5.88. The third-order valence-electron chi connectivity index (χ3n) is 4.63. The molecule has 1 heterocycles. The number of amides is 2. The molecular formula is C22H26N2O4. The summed E-state index contributed by atoms with van der Waals surface area (Å²) in [4.78, 5) is 27.2. The molecule has 1 fully saturated rings. The lowest BCUT2D eigenvalue weighted by Crippen LogP contribution is -2.53. The monoisotopic (exact) mass is 382 g/mol. The highest BCUT2D eigenvalue weighted by Gasteiger charge is 2.27. The van der Waals surface area contributed by atoms with E-state index in [-0.39, 0.29) is 18.4 Å². The number of hydrogen-bond donors (Lipinski definition) is 1. The first-order valence-electron chi connectivity index (χ1n) is 9.51. The van der Waals surface area contributed by atoms with Crippen LogP contribution in [0.4, 0.5) is 0 Å². The maximum atomic E-state index is 13.0. The number of carbonyl (C=O) groups is 2. The molecule has 6 heteroatoms. The third kappa shape index (κ3) is 5.82. The fourth-order valence-electron chi connectivity index (χ4n) is 3.07. The standard InChI is InChI=1S/C22H26N2O4/c1-17-7-9-19(10-8-17)28-16-21(25)23-20(15-18-5-3-2-4-6-18)22(26)24-11-13-27-14-12-24/h2-10,20H,11-16H2,1H3,(H,23,25)/t20-/m0/s1. The van der Waals surface area contributed by atoms with E-state index in [1.165, 1.54) is 0 Å². The quantitative estimate of drug-likeness (QED) is 0.795. The van der Waals surface area contributed by atoms with Crippen LogP contribution in [0.3, 0.4) is 0 Å². The van der Waals surface area contributed by atoms with Crippen molar-refractivity contribution < 1.29 is 19.1 Å². The van der Waals surface area contributed by atoms with E-state index in [9.17, 15) is 9.59 Å². The Hall–Kier alpha value is -2.86. The molecule has 1 N–H and O–H groups in total. The smallest absolute Gasteiger partial charge is 0.258 e. The fraction of sp³-hybridized carbons (Fsp3) is 0.364. The van der Waals surface area contributed by atoms with Gasteiger partial charge in [-0.3, -0.25) is 9.59 Å². The van der Waals surface area contributed by atoms with Gasteiger partial charge in [0.15, 0.2) is 6.61 Å². The van der Waals surface area contributed by atoms with Crippen molar-refractivity contribution in [1.82, 2.24) is 10.2 Å². The molecule has 0 bridgehead atoms. The number of nitrogens with zero attached hydrogens (tertiary/aromatic N) is 1. The SMILES string of the molecule is Cc1ccc(OCC(=O)N[C@@H](Cc2ccccc2)C(=O)N2CCOCC2)cc1. The van der Waals surface area contributed by atoms with Crippen LogP contribution in [0.1, 0.15) is 11.1 Å². The van der Waals surface area contributed by atoms with E-state index < -0.39 is 6.04 Å². The second-order valence-electron chi connectivity index (χ2n) is 6.85. The Bertz CT molecular complexity index is 771. The molecule has 0 saturated carbocycles. The van der Waals surface area contributed by atoms with Crippen molar-refractivity contribution in [2.75, 3.05) is 32.9 Å². The van der Waals surface area contributed by atoms with Crippen LogP contribution in [0, 0.1) is 6.92 Å². The molecule has 1 atom stereocenters. The summed E-state index contributed by atoms with van der Waals surface area (Å²) in [6.45, 7) is 3.98. The van der Waals surface area contributed by atoms with Crippen LogP contribution in [-0.2, 0) is 20.7 Å². The van der Waals surface area contributed by atoms with Crippen LogP contribution < -0.4 is 10.1 Å². The highest BCUT2D eigenvalue weighted by Crippen LogP contribution is 2.12. The first-order valence-corrected chi connectivity index (χ1v) is 9.51. The molecule has 2 aromatic carbocycles. The van der Waals surface area contributed by atoms with Gasteiger partial charge in [-0.2, -0.15) is 0 Å². The van der Waals surface area contributed by atoms with Crippen LogP contribution in [0.25, 0.3) is 0 Å². The normalized spacial score (nSPS) is 15.0. The summed E-state index contributed by atoms with van der Waals surface area (Å²) in [7, 11) is 0. The van der Waals surface area contributed by atoms with E-state index in [2.05, 4.69) is 5.32 Å². The van der Waals surface area contributed by atoms with Crippen LogP contribution in [-0.4, -0.2) is 55.7 Å². The predicted octanol–water partition coefficient (Wildman–Crippen LogP) is 1.96. The van der Waals surface area contributed by atoms with Crippen molar-refractivity contribution in [3.8, 4) is 5.75 Å². The summed E-state index contributed by atoms with van der Waals surface area (Å²) in [5, 5.41) is 2.85. The van der Waals surface area contributed by atoms with E-state index in [1.54, 1.807) is 4.90 Å². The number of benzene rings is 2. The molecule has 0 unspecified atom stereocenters. The van der Waals surface area contributed by atoms with Crippen LogP contribution in [0.5, 0.6) is 5.75 Å². The van der Waals surface area contributed by atoms with Crippen molar-refractivity contribution in [1.29, 1.82) is 0 Å². The Labute approximate surface area is 165 Å². The number of nitrogens with one attached hydrogen (secondary N) is 1. The lowest BCUT2D eigenvalue weighted by atomic mass is 10.0. The summed E-state index contributed by atoms with van der Waals surface area (Å²) >= 11 is 0. The summed E-state index contributed by atoms with van der Waals surface area (Å²) in [6, 6.07) is 16.5. The first-order chi connectivity index (χ1) is 13.6. The minimum atomic E-state index is -0.630. The Kier molecular flexibility index (Phi) is 7.03. The fourth-order valence-corrected chi connectivity index (χ4v) is 3.07. The Balaban J connectivity index is 1.62. The first kappa shape index (κ1) is 19.9. The summed E-state index contributed by atoms with van der Waals surface area (Å²) < 4.78 is 10.9. The van der Waals surface area contributed by atoms with Crippen molar-refractivity contribution in [2.45, 2.75) is 19.4 Å². The zero-order chi connectivity index (χ0) is 19.8. The van der Waals surface area contributed by atoms with E-state index >= 15 is 0 Å². The zero-order valence-electron chi connectivity index (χ0n) is 16.1. The maximum absolute atomic E-state index is 13.0. The number of aryl methyl sites for hydroxylation is 1. The van der Waals surface area contributed by atoms with Crippen molar-refractivity contribution in [3.63, 3.8) is 0 Å². The lowest BCUT2D eigenvalue weighted by Gasteiger charge is -2.30. The van der Waals surface area contributed by atoms with Gasteiger partial charge in [0, 0.05) is 19.5 Å². The van der Waals surface area contributed by atoms with E-state index in [0.717, 1.165) is 11.1 Å². The van der Waals surface area contributed by atoms with Gasteiger partial charge in [-0.15, -0.1) is 0 Å². The second kappa shape index (κ2) is 9.90. The van der Waals surface area contributed by atoms with Gasteiger partial charge in [-0.25, -0.2) is 0 Å². The molecule has 3 rings (SSSR count). The molecule has 0 spiro atoms. The number of hydrogen-bond acceptors (Lipinski definition) is 4. The van der Waals surface area contributed by atoms with Gasteiger partial charge in [0.1, 0.15) is 11.8 Å². The average molecular weight is 382 g/mol. The maximum Gasteiger partial charge on any atom is 0.258 e. The van der Waals surface area contributed by atoms with E-state index in [0.29, 0.717) is 38.5 Å². The number of ether oxygens (including phenoxy) is 2. The third-order valence-corrected chi connectivity index (χ3v) is 4.63. The summed E-state index contributed by atoms with van der Waals surface area (Å²) in [5.74, 6) is 0.221. The molecule has 0 radical (unpaired) electrons. The molecule has 6 nitrogen and oxygen atoms in total. The summed E-state index contributed by atoms with van der Waals surface area (Å²) in [6.07, 6.45) is 0.438. The Morgan fingerprint density at radius 2 is 1.75 bits per heavy atom. The molecule has 0 aliphatic carbocycles. The zero-order valence-corrected chi connectivity index (χ0v) is 16.1. The van der Waals surface area contributed by atoms with Gasteiger partial charge in [0.2, 0.25) is 5.91 Å². The Morgan fingerprint density at radius 1 is 1.07 bits per heavy atom. The minimum Gasteiger partial charge on any atom is -0.484 e. The molecule has 28 heavy (non-hydrogen) atoms. The number of morpholine rings is 1. The van der Waals surface area contributed by atoms with Gasteiger partial charge in [0.25, 0.3) is 5.91 Å². The average Bonchev–Trinajstić information content (AvgIpc) is 2.74. The molecular weight excluding hydrogens is 356 g/mol. The van der Waals surface area contributed by atoms with Gasteiger partial charge in [-0.1, -0.05) is 48.0 Å². The van der Waals surface area contributed by atoms with E-state index in [1.807, 2.05) is 61.5 Å². The second-order valence-corrected chi connectivity index (χ2v) is 6.85. The van der Waals surface area contributed by atoms with Gasteiger partial charge >= 0.3 is 0 Å². The van der Waals surface area contributed by atoms with Gasteiger partial charge < -0.3 is 19.7 Å². The predicted molar refractivity (Wildman–Crippen MR) is 106 cm³/mol. The van der Waals surface area contributed by atoms with Crippen molar-refractivity contribution >= 4 is 11.8 Å². The number of carbonyl (C=O) groups excluding carboxylic acids is 2. The number of rotatable bonds is 7. The van der Waals surface area contributed by atoms with Crippen LogP contribution in [0.2, 0.25) is 0 Å². The topological polar surface area (TPSA) is 67.9 Å². The van der Waals surface area contributed by atoms with Crippen LogP contribution in [0.15, 0.2) is 54.6 Å². The molecule has 2 amide bonds. The Morgan fingerprint density at radius 3 is 2.43 bits per heavy atom. The van der Waals surface area contributed by atoms with Crippen LogP contribution >= 0.6 is 0 Å². The minimum absolute atomic E-state index is 0.0872.